The van der Waals surface area contributed by atoms with Gasteiger partial charge < -0.3 is 0 Å². The molecule has 0 aliphatic heterocycles. The third-order valence-electron chi connectivity index (χ3n) is 0.651. The second kappa shape index (κ2) is 3.23. The first-order chi connectivity index (χ1) is 2.81. The fraction of sp³-hybridized carbons (Fsp3) is 0.600. The fourth-order valence-corrected chi connectivity index (χ4v) is 0.204. The lowest BCUT2D eigenvalue weighted by Crippen LogP contribution is -1.58. The van der Waals surface area contributed by atoms with Crippen molar-refractivity contribution in [2.45, 2.75) is 20.3 Å². The molecule has 0 bridgehead atoms. The Balaban J connectivity index is 3.22. The highest BCUT2D eigenvalue weighted by molar-refractivity contribution is 6.29. The van der Waals surface area contributed by atoms with Crippen LogP contribution in [0.15, 0.2) is 11.1 Å². The number of rotatable bonds is 1. The lowest BCUT2D eigenvalue weighted by molar-refractivity contribution is 1.19. The van der Waals surface area contributed by atoms with Crippen molar-refractivity contribution in [1.29, 1.82) is 0 Å². The number of halogens is 1. The van der Waals surface area contributed by atoms with Crippen LogP contribution in [0, 0.1) is 0 Å². The minimum atomic E-state index is 0.940. The van der Waals surface area contributed by atoms with Gasteiger partial charge in [0.2, 0.25) is 0 Å². The number of allylic oxidation sites excluding steroid dienone is 2. The van der Waals surface area contributed by atoms with Crippen molar-refractivity contribution in [3.8, 4) is 0 Å². The van der Waals surface area contributed by atoms with E-state index in [-0.39, 0.29) is 0 Å². The van der Waals surface area contributed by atoms with Crippen LogP contribution in [0.5, 0.6) is 0 Å². The minimum absolute atomic E-state index is 0.940. The molecule has 0 aromatic heterocycles. The molecule has 6 heavy (non-hydrogen) atoms. The Morgan fingerprint density at radius 3 is 2.33 bits per heavy atom. The van der Waals surface area contributed by atoms with Crippen molar-refractivity contribution in [2.75, 3.05) is 0 Å². The zero-order valence-electron chi connectivity index (χ0n) is 4.16. The lowest BCUT2D eigenvalue weighted by atomic mass is 10.4. The molecule has 0 aromatic rings. The third kappa shape index (κ3) is 2.28. The first-order valence-corrected chi connectivity index (χ1v) is 2.49. The van der Waals surface area contributed by atoms with Gasteiger partial charge in [-0.2, -0.15) is 0 Å². The summed E-state index contributed by atoms with van der Waals surface area (Å²) in [6.07, 6.45) is 2.86. The maximum Gasteiger partial charge on any atom is 0.0135 e. The minimum Gasteiger partial charge on any atom is -0.0895 e. The van der Waals surface area contributed by atoms with Crippen molar-refractivity contribution in [3.05, 3.63) is 11.1 Å². The van der Waals surface area contributed by atoms with E-state index in [0.717, 1.165) is 11.5 Å². The molecule has 36 valence electrons. The van der Waals surface area contributed by atoms with Gasteiger partial charge in [0.1, 0.15) is 0 Å². The van der Waals surface area contributed by atoms with Crippen LogP contribution in [-0.2, 0) is 0 Å². The molecular weight excluding hydrogens is 95.5 g/mol. The highest BCUT2D eigenvalue weighted by atomic mass is 35.5. The van der Waals surface area contributed by atoms with Crippen molar-refractivity contribution in [2.24, 2.45) is 0 Å². The zero-order chi connectivity index (χ0) is 4.99. The van der Waals surface area contributed by atoms with Crippen LogP contribution in [0.4, 0.5) is 0 Å². The van der Waals surface area contributed by atoms with Crippen LogP contribution in [0.3, 0.4) is 0 Å². The summed E-state index contributed by atoms with van der Waals surface area (Å²) >= 11 is 5.51. The van der Waals surface area contributed by atoms with E-state index >= 15 is 0 Å². The third-order valence-corrected chi connectivity index (χ3v) is 1.14. The van der Waals surface area contributed by atoms with Crippen LogP contribution in [-0.4, -0.2) is 0 Å². The largest absolute Gasteiger partial charge is 0.0895 e. The van der Waals surface area contributed by atoms with E-state index in [1.807, 2.05) is 19.9 Å². The second-order valence-electron chi connectivity index (χ2n) is 1.09. The van der Waals surface area contributed by atoms with Gasteiger partial charge >= 0.3 is 0 Å². The maximum absolute atomic E-state index is 5.51. The van der Waals surface area contributed by atoms with Crippen molar-refractivity contribution >= 4 is 11.6 Å². The number of hydrogen-bond acceptors (Lipinski definition) is 0. The zero-order valence-corrected chi connectivity index (χ0v) is 4.92. The predicted octanol–water partition coefficient (Wildman–Crippen LogP) is 2.54. The molecule has 0 rings (SSSR count). The molecular formula is C5H9Cl. The molecule has 0 fully saturated rings. The van der Waals surface area contributed by atoms with Gasteiger partial charge in [-0.1, -0.05) is 24.6 Å². The standard InChI is InChI=1S/C5H9Cl/c1-3-5(6)4-2/h3H,4H2,1-2H3. The Kier molecular flexibility index (Phi) is 3.24. The molecule has 0 unspecified atom stereocenters. The molecule has 0 aliphatic rings. The quantitative estimate of drug-likeness (QED) is 0.480. The Bertz CT molecular complexity index is 55.0. The summed E-state index contributed by atoms with van der Waals surface area (Å²) < 4.78 is 0. The van der Waals surface area contributed by atoms with Crippen LogP contribution < -0.4 is 0 Å². The summed E-state index contributed by atoms with van der Waals surface area (Å²) in [4.78, 5) is 0. The Morgan fingerprint density at radius 1 is 1.83 bits per heavy atom. The van der Waals surface area contributed by atoms with Gasteiger partial charge in [-0.25, -0.2) is 0 Å². The monoisotopic (exact) mass is 104 g/mol. The first-order valence-electron chi connectivity index (χ1n) is 2.12. The van der Waals surface area contributed by atoms with Crippen LogP contribution >= 0.6 is 11.6 Å². The van der Waals surface area contributed by atoms with Gasteiger partial charge in [0.05, 0.1) is 0 Å². The van der Waals surface area contributed by atoms with Gasteiger partial charge in [0, 0.05) is 5.03 Å². The van der Waals surface area contributed by atoms with E-state index < -0.39 is 0 Å². The molecule has 0 radical (unpaired) electrons. The molecule has 0 N–H and O–H groups in total. The van der Waals surface area contributed by atoms with Gasteiger partial charge in [0.15, 0.2) is 0 Å². The molecule has 0 saturated carbocycles. The van der Waals surface area contributed by atoms with E-state index in [0.29, 0.717) is 0 Å². The summed E-state index contributed by atoms with van der Waals surface area (Å²) in [5.74, 6) is 0. The summed E-state index contributed by atoms with van der Waals surface area (Å²) in [6, 6.07) is 0. The van der Waals surface area contributed by atoms with Crippen LogP contribution in [0.1, 0.15) is 20.3 Å². The van der Waals surface area contributed by atoms with Gasteiger partial charge in [-0.05, 0) is 13.3 Å². The summed E-state index contributed by atoms with van der Waals surface area (Å²) in [5.41, 5.74) is 0. The number of hydrogen-bond donors (Lipinski definition) is 0. The molecule has 0 spiro atoms. The van der Waals surface area contributed by atoms with Gasteiger partial charge in [-0.15, -0.1) is 0 Å². The summed E-state index contributed by atoms with van der Waals surface area (Å²) in [6.45, 7) is 3.97. The Morgan fingerprint density at radius 2 is 2.33 bits per heavy atom. The van der Waals surface area contributed by atoms with Gasteiger partial charge in [0.25, 0.3) is 0 Å². The average molecular weight is 105 g/mol. The van der Waals surface area contributed by atoms with Crippen molar-refractivity contribution in [1.82, 2.24) is 0 Å². The van der Waals surface area contributed by atoms with Crippen LogP contribution in [0.25, 0.3) is 0 Å². The van der Waals surface area contributed by atoms with E-state index in [1.54, 1.807) is 0 Å². The Hall–Kier alpha value is 0.0300. The average Bonchev–Trinajstić information content (AvgIpc) is 1.65. The molecule has 0 amide bonds. The van der Waals surface area contributed by atoms with E-state index in [4.69, 9.17) is 11.6 Å². The molecule has 0 heterocycles. The predicted molar refractivity (Wildman–Crippen MR) is 29.9 cm³/mol. The molecule has 0 saturated heterocycles. The lowest BCUT2D eigenvalue weighted by Gasteiger charge is -1.81. The van der Waals surface area contributed by atoms with Crippen molar-refractivity contribution in [3.63, 3.8) is 0 Å². The summed E-state index contributed by atoms with van der Waals surface area (Å²) in [7, 11) is 0. The first kappa shape index (κ1) is 6.03. The second-order valence-corrected chi connectivity index (χ2v) is 1.57. The van der Waals surface area contributed by atoms with Crippen molar-refractivity contribution < 1.29 is 0 Å². The highest BCUT2D eigenvalue weighted by Gasteiger charge is 1.76. The van der Waals surface area contributed by atoms with E-state index in [9.17, 15) is 0 Å². The molecule has 0 aromatic carbocycles. The smallest absolute Gasteiger partial charge is 0.0135 e. The molecule has 1 heteroatoms. The van der Waals surface area contributed by atoms with E-state index in [2.05, 4.69) is 0 Å². The van der Waals surface area contributed by atoms with Gasteiger partial charge in [-0.3, -0.25) is 0 Å². The van der Waals surface area contributed by atoms with E-state index in [1.165, 1.54) is 0 Å². The molecule has 0 aliphatic carbocycles. The summed E-state index contributed by atoms with van der Waals surface area (Å²) in [5, 5.41) is 0.940. The normalized spacial score (nSPS) is 12.2. The molecule has 0 nitrogen and oxygen atoms in total. The SMILES string of the molecule is CC=C(Cl)CC. The maximum atomic E-state index is 5.51. The topological polar surface area (TPSA) is 0 Å². The Labute approximate surface area is 43.8 Å². The fourth-order valence-electron chi connectivity index (χ4n) is 0.204. The molecule has 0 atom stereocenters. The van der Waals surface area contributed by atoms with Crippen LogP contribution in [0.2, 0.25) is 0 Å². The highest BCUT2D eigenvalue weighted by Crippen LogP contribution is 2.02.